The van der Waals surface area contributed by atoms with Crippen LogP contribution in [0.1, 0.15) is 40.5 Å². The third-order valence-electron chi connectivity index (χ3n) is 2.57. The molecule has 0 aliphatic carbocycles. The fourth-order valence-electron chi connectivity index (χ4n) is 1.39. The molecule has 6 nitrogen and oxygen atoms in total. The van der Waals surface area contributed by atoms with E-state index < -0.39 is 0 Å². The van der Waals surface area contributed by atoms with Crippen LogP contribution in [0.4, 0.5) is 0 Å². The minimum Gasteiger partial charge on any atom is -0.466 e. The van der Waals surface area contributed by atoms with Gasteiger partial charge in [0.2, 0.25) is 0 Å². The van der Waals surface area contributed by atoms with Crippen molar-refractivity contribution in [3.05, 3.63) is 0 Å². The molecular weight excluding hydrogens is 328 g/mol. The summed E-state index contributed by atoms with van der Waals surface area (Å²) in [4.78, 5) is 44.6. The molecule has 0 saturated heterocycles. The molecule has 2 unspecified atom stereocenters. The first-order valence-electron chi connectivity index (χ1n) is 6.83. The van der Waals surface area contributed by atoms with Crippen LogP contribution in [0, 0.1) is 0 Å². The van der Waals surface area contributed by atoms with E-state index >= 15 is 0 Å². The monoisotopic (exact) mass is 350 g/mol. The number of hydrogen-bond acceptors (Lipinski definition) is 8. The van der Waals surface area contributed by atoms with Gasteiger partial charge in [0.1, 0.15) is 11.6 Å². The Morgan fingerprint density at radius 2 is 1.05 bits per heavy atom. The molecule has 0 radical (unpaired) electrons. The lowest BCUT2D eigenvalue weighted by molar-refractivity contribution is -0.142. The zero-order valence-electron chi connectivity index (χ0n) is 13.2. The Balaban J connectivity index is 4.31. The van der Waals surface area contributed by atoms with Gasteiger partial charge >= 0.3 is 11.9 Å². The summed E-state index contributed by atoms with van der Waals surface area (Å²) in [5.74, 6) is -0.843. The number of ketones is 2. The minimum atomic E-state index is -0.386. The predicted octanol–water partition coefficient (Wildman–Crippen LogP) is 2.19. The van der Waals surface area contributed by atoms with Crippen LogP contribution in [0.2, 0.25) is 0 Å². The van der Waals surface area contributed by atoms with Gasteiger partial charge in [-0.05, 0) is 13.8 Å². The van der Waals surface area contributed by atoms with E-state index in [2.05, 4.69) is 0 Å². The Kier molecular flexibility index (Phi) is 11.0. The van der Waals surface area contributed by atoms with Gasteiger partial charge in [0.05, 0.1) is 23.7 Å². The van der Waals surface area contributed by atoms with Gasteiger partial charge in [-0.15, -0.1) is 0 Å². The van der Waals surface area contributed by atoms with Gasteiger partial charge in [0.15, 0.2) is 0 Å². The Morgan fingerprint density at radius 3 is 1.27 bits per heavy atom. The normalized spacial score (nSPS) is 13.1. The summed E-state index contributed by atoms with van der Waals surface area (Å²) in [7, 11) is 2.58. The molecule has 2 atom stereocenters. The zero-order chi connectivity index (χ0) is 17.1. The summed E-state index contributed by atoms with van der Waals surface area (Å²) in [6.45, 7) is 5.90. The maximum Gasteiger partial charge on any atom is 0.302 e. The quantitative estimate of drug-likeness (QED) is 0.414. The molecule has 22 heavy (non-hydrogen) atoms. The molecule has 0 fully saturated rings. The molecule has 0 spiro atoms. The highest BCUT2D eigenvalue weighted by Crippen LogP contribution is 2.35. The first-order valence-corrected chi connectivity index (χ1v) is 9.11. The van der Waals surface area contributed by atoms with Crippen LogP contribution in [0.3, 0.4) is 0 Å². The second kappa shape index (κ2) is 11.5. The SMILES string of the molecule is CC(=O)OCCC(SSC(CCOC(C)=O)C(C)=O)C(C)=O. The van der Waals surface area contributed by atoms with Crippen molar-refractivity contribution in [3.63, 3.8) is 0 Å². The van der Waals surface area contributed by atoms with Gasteiger partial charge in [0, 0.05) is 26.7 Å². The lowest BCUT2D eigenvalue weighted by Crippen LogP contribution is -2.20. The molecule has 0 amide bonds. The van der Waals surface area contributed by atoms with Crippen LogP contribution in [-0.4, -0.2) is 47.2 Å². The van der Waals surface area contributed by atoms with Crippen molar-refractivity contribution in [2.75, 3.05) is 13.2 Å². The van der Waals surface area contributed by atoms with Crippen LogP contribution in [0.25, 0.3) is 0 Å². The molecule has 0 aromatic carbocycles. The predicted molar refractivity (Wildman–Crippen MR) is 86.6 cm³/mol. The standard InChI is InChI=1S/C14H22O6S2/c1-9(15)13(5-7-19-11(3)17)21-22-14(10(2)16)6-8-20-12(4)18/h13-14H,5-8H2,1-4H3. The lowest BCUT2D eigenvalue weighted by atomic mass is 10.2. The van der Waals surface area contributed by atoms with E-state index in [0.717, 1.165) is 0 Å². The van der Waals surface area contributed by atoms with Crippen LogP contribution in [0.15, 0.2) is 0 Å². The summed E-state index contributed by atoms with van der Waals surface area (Å²) in [5.41, 5.74) is 0. The molecule has 0 saturated carbocycles. The highest BCUT2D eigenvalue weighted by molar-refractivity contribution is 8.77. The van der Waals surface area contributed by atoms with Gasteiger partial charge in [0.25, 0.3) is 0 Å². The van der Waals surface area contributed by atoms with Crippen LogP contribution >= 0.6 is 21.6 Å². The van der Waals surface area contributed by atoms with E-state index in [9.17, 15) is 19.2 Å². The Hall–Kier alpha value is -1.02. The highest BCUT2D eigenvalue weighted by Gasteiger charge is 2.21. The van der Waals surface area contributed by atoms with E-state index in [1.54, 1.807) is 0 Å². The molecule has 0 aromatic heterocycles. The van der Waals surface area contributed by atoms with Crippen molar-refractivity contribution >= 4 is 45.1 Å². The highest BCUT2D eigenvalue weighted by atomic mass is 33.1. The average molecular weight is 350 g/mol. The third kappa shape index (κ3) is 10.7. The first-order chi connectivity index (χ1) is 10.2. The van der Waals surface area contributed by atoms with Crippen molar-refractivity contribution in [1.29, 1.82) is 0 Å². The summed E-state index contributed by atoms with van der Waals surface area (Å²) in [6, 6.07) is 0. The van der Waals surface area contributed by atoms with Gasteiger partial charge in [-0.1, -0.05) is 21.6 Å². The van der Waals surface area contributed by atoms with Crippen LogP contribution in [-0.2, 0) is 28.7 Å². The fraction of sp³-hybridized carbons (Fsp3) is 0.714. The largest absolute Gasteiger partial charge is 0.466 e. The summed E-state index contributed by atoms with van der Waals surface area (Å²) < 4.78 is 9.66. The molecule has 0 aromatic rings. The van der Waals surface area contributed by atoms with Crippen molar-refractivity contribution in [2.24, 2.45) is 0 Å². The van der Waals surface area contributed by atoms with Gasteiger partial charge in [-0.2, -0.15) is 0 Å². The summed E-state index contributed by atoms with van der Waals surface area (Å²) >= 11 is 0. The number of ether oxygens (including phenoxy) is 2. The summed E-state index contributed by atoms with van der Waals surface area (Å²) in [6.07, 6.45) is 0.808. The molecular formula is C14H22O6S2. The van der Waals surface area contributed by atoms with E-state index in [-0.39, 0.29) is 47.2 Å². The Bertz CT molecular complexity index is 372. The second-order valence-corrected chi connectivity index (χ2v) is 7.33. The maximum absolute atomic E-state index is 11.6. The maximum atomic E-state index is 11.6. The Labute approximate surface area is 138 Å². The van der Waals surface area contributed by atoms with E-state index in [4.69, 9.17) is 9.47 Å². The van der Waals surface area contributed by atoms with Gasteiger partial charge < -0.3 is 9.47 Å². The zero-order valence-corrected chi connectivity index (χ0v) is 14.9. The Morgan fingerprint density at radius 1 is 0.727 bits per heavy atom. The molecule has 8 heteroatoms. The van der Waals surface area contributed by atoms with Crippen LogP contribution in [0.5, 0.6) is 0 Å². The van der Waals surface area contributed by atoms with Gasteiger partial charge in [-0.3, -0.25) is 19.2 Å². The second-order valence-electron chi connectivity index (χ2n) is 4.65. The van der Waals surface area contributed by atoms with E-state index in [1.807, 2.05) is 0 Å². The number of Topliss-reactive ketones (excluding diaryl/α,β-unsaturated/α-hetero) is 2. The number of esters is 2. The molecule has 0 heterocycles. The summed E-state index contributed by atoms with van der Waals surface area (Å²) in [5, 5.41) is -0.695. The topological polar surface area (TPSA) is 86.7 Å². The van der Waals surface area contributed by atoms with Crippen molar-refractivity contribution < 1.29 is 28.7 Å². The molecule has 0 aliphatic rings. The molecule has 0 bridgehead atoms. The third-order valence-corrected chi connectivity index (χ3v) is 6.00. The lowest BCUT2D eigenvalue weighted by Gasteiger charge is -2.17. The molecule has 126 valence electrons. The fourth-order valence-corrected chi connectivity index (χ4v) is 4.51. The number of carbonyl (C=O) groups is 4. The molecule has 0 aliphatic heterocycles. The number of hydrogen-bond donors (Lipinski definition) is 0. The smallest absolute Gasteiger partial charge is 0.302 e. The van der Waals surface area contributed by atoms with Gasteiger partial charge in [-0.25, -0.2) is 0 Å². The number of rotatable bonds is 11. The minimum absolute atomic E-state index is 0.0352. The molecule has 0 N–H and O–H groups in total. The van der Waals surface area contributed by atoms with Crippen molar-refractivity contribution in [2.45, 2.75) is 51.0 Å². The van der Waals surface area contributed by atoms with Crippen molar-refractivity contribution in [1.82, 2.24) is 0 Å². The van der Waals surface area contributed by atoms with E-state index in [1.165, 1.54) is 49.3 Å². The first kappa shape index (κ1) is 21.0. The average Bonchev–Trinajstić information content (AvgIpc) is 2.38. The van der Waals surface area contributed by atoms with Crippen molar-refractivity contribution in [3.8, 4) is 0 Å². The van der Waals surface area contributed by atoms with E-state index in [0.29, 0.717) is 12.8 Å². The number of carbonyl (C=O) groups excluding carboxylic acids is 4. The van der Waals surface area contributed by atoms with Crippen LogP contribution < -0.4 is 0 Å². The molecule has 0 rings (SSSR count).